The van der Waals surface area contributed by atoms with Crippen LogP contribution in [-0.2, 0) is 0 Å². The average molecular weight is 222 g/mol. The van der Waals surface area contributed by atoms with Crippen LogP contribution < -0.4 is 0 Å². The number of benzene rings is 1. The molecule has 0 fully saturated rings. The highest BCUT2D eigenvalue weighted by Crippen LogP contribution is 2.30. The van der Waals surface area contributed by atoms with Crippen LogP contribution >= 0.6 is 23.8 Å². The van der Waals surface area contributed by atoms with Gasteiger partial charge in [-0.1, -0.05) is 11.6 Å². The maximum Gasteiger partial charge on any atom is 0.109 e. The maximum absolute atomic E-state index is 6.04. The molecular weight excluding hydrogens is 218 g/mol. The molecular formula is C9H4ClN3S. The lowest BCUT2D eigenvalue weighted by molar-refractivity contribution is 1.29. The fourth-order valence-electron chi connectivity index (χ4n) is 1.13. The van der Waals surface area contributed by atoms with Crippen LogP contribution in [0.1, 0.15) is 0 Å². The maximum atomic E-state index is 6.04. The molecule has 1 aromatic heterocycles. The lowest BCUT2D eigenvalue weighted by Crippen LogP contribution is -1.82. The largest absolute Gasteiger partial charge is 0.253 e. The summed E-state index contributed by atoms with van der Waals surface area (Å²) in [5.74, 6) is 0. The highest BCUT2D eigenvalue weighted by Gasteiger charge is 2.05. The number of aromatic nitrogens is 2. The third kappa shape index (κ3) is 1.51. The molecule has 1 aromatic carbocycles. The molecule has 0 amide bonds. The van der Waals surface area contributed by atoms with E-state index in [0.29, 0.717) is 16.2 Å². The molecule has 0 unspecified atom stereocenters. The third-order valence-corrected chi connectivity index (χ3v) is 2.19. The zero-order valence-electron chi connectivity index (χ0n) is 6.94. The Morgan fingerprint density at radius 1 is 1.29 bits per heavy atom. The normalized spacial score (nSPS) is 9.79. The summed E-state index contributed by atoms with van der Waals surface area (Å²) >= 11 is 10.5. The van der Waals surface area contributed by atoms with Crippen molar-refractivity contribution in [3.8, 4) is 0 Å². The number of nitrogens with zero attached hydrogens (tertiary/aromatic N) is 3. The van der Waals surface area contributed by atoms with Crippen molar-refractivity contribution in [1.29, 1.82) is 0 Å². The van der Waals surface area contributed by atoms with Crippen LogP contribution in [0.15, 0.2) is 29.5 Å². The molecule has 0 saturated carbocycles. The predicted octanol–water partition coefficient (Wildman–Crippen LogP) is 3.02. The van der Waals surface area contributed by atoms with E-state index in [-0.39, 0.29) is 0 Å². The summed E-state index contributed by atoms with van der Waals surface area (Å²) in [7, 11) is 0. The quantitative estimate of drug-likeness (QED) is 0.549. The van der Waals surface area contributed by atoms with Gasteiger partial charge in [-0.3, -0.25) is 9.97 Å². The molecule has 0 radical (unpaired) electrons. The van der Waals surface area contributed by atoms with Crippen LogP contribution in [0.5, 0.6) is 0 Å². The third-order valence-electron chi connectivity index (χ3n) is 1.72. The minimum Gasteiger partial charge on any atom is -0.253 e. The summed E-state index contributed by atoms with van der Waals surface area (Å²) in [6.45, 7) is 0. The number of fused-ring (bicyclic) bond motifs is 1. The van der Waals surface area contributed by atoms with Gasteiger partial charge in [0.2, 0.25) is 0 Å². The van der Waals surface area contributed by atoms with E-state index in [2.05, 4.69) is 32.3 Å². The molecule has 0 aliphatic rings. The van der Waals surface area contributed by atoms with E-state index in [4.69, 9.17) is 11.6 Å². The molecule has 0 saturated heterocycles. The molecule has 3 nitrogen and oxygen atoms in total. The Morgan fingerprint density at radius 2 is 2.07 bits per heavy atom. The monoisotopic (exact) mass is 221 g/mol. The topological polar surface area (TPSA) is 38.1 Å². The van der Waals surface area contributed by atoms with Gasteiger partial charge in [0.25, 0.3) is 0 Å². The van der Waals surface area contributed by atoms with Crippen molar-refractivity contribution in [2.75, 3.05) is 0 Å². The first-order valence-electron chi connectivity index (χ1n) is 3.80. The van der Waals surface area contributed by atoms with Gasteiger partial charge in [-0.2, -0.15) is 4.99 Å². The van der Waals surface area contributed by atoms with Gasteiger partial charge < -0.3 is 0 Å². The van der Waals surface area contributed by atoms with Gasteiger partial charge in [-0.05, 0) is 24.4 Å². The molecule has 0 bridgehead atoms. The van der Waals surface area contributed by atoms with E-state index in [1.807, 2.05) is 0 Å². The van der Waals surface area contributed by atoms with E-state index in [1.54, 1.807) is 24.5 Å². The molecule has 0 aliphatic heterocycles. The van der Waals surface area contributed by atoms with Crippen LogP contribution in [0.3, 0.4) is 0 Å². The number of hydrogen-bond donors (Lipinski definition) is 0. The second-order valence-corrected chi connectivity index (χ2v) is 3.09. The van der Waals surface area contributed by atoms with Gasteiger partial charge in [0.15, 0.2) is 0 Å². The number of isothiocyanates is 1. The van der Waals surface area contributed by atoms with Gasteiger partial charge in [0, 0.05) is 12.4 Å². The first-order valence-corrected chi connectivity index (χ1v) is 4.58. The van der Waals surface area contributed by atoms with Crippen LogP contribution in [0, 0.1) is 0 Å². The Balaban J connectivity index is 2.81. The highest BCUT2D eigenvalue weighted by atomic mass is 35.5. The molecule has 2 aromatic rings. The number of thiocarbonyl (C=S) groups is 1. The Kier molecular flexibility index (Phi) is 2.50. The Morgan fingerprint density at radius 3 is 2.86 bits per heavy atom. The van der Waals surface area contributed by atoms with Gasteiger partial charge in [0.05, 0.1) is 21.4 Å². The van der Waals surface area contributed by atoms with Crippen molar-refractivity contribution in [1.82, 2.24) is 9.97 Å². The summed E-state index contributed by atoms with van der Waals surface area (Å²) in [6, 6.07) is 3.53. The number of aliphatic imine (C=N–C) groups is 1. The van der Waals surface area contributed by atoms with E-state index in [0.717, 1.165) is 5.52 Å². The molecule has 1 heterocycles. The molecule has 68 valence electrons. The van der Waals surface area contributed by atoms with Crippen molar-refractivity contribution < 1.29 is 0 Å². The molecule has 0 spiro atoms. The van der Waals surface area contributed by atoms with Crippen molar-refractivity contribution in [3.05, 3.63) is 29.5 Å². The highest BCUT2D eigenvalue weighted by molar-refractivity contribution is 7.78. The van der Waals surface area contributed by atoms with Crippen LogP contribution in [0.25, 0.3) is 11.0 Å². The van der Waals surface area contributed by atoms with E-state index < -0.39 is 0 Å². The lowest BCUT2D eigenvalue weighted by Gasteiger charge is -1.99. The molecule has 2 rings (SSSR count). The standard InChI is InChI=1S/C9H4ClN3S/c10-8-6(13-5-14)1-2-7-9(8)12-4-3-11-7/h1-4H. The number of hydrogen-bond acceptors (Lipinski definition) is 4. The molecule has 5 heteroatoms. The van der Waals surface area contributed by atoms with Crippen LogP contribution in [0.2, 0.25) is 5.02 Å². The minimum atomic E-state index is 0.452. The fraction of sp³-hybridized carbons (Fsp3) is 0. The van der Waals surface area contributed by atoms with Crippen LogP contribution in [-0.4, -0.2) is 15.1 Å². The molecule has 14 heavy (non-hydrogen) atoms. The first-order chi connectivity index (χ1) is 6.83. The predicted molar refractivity (Wildman–Crippen MR) is 59.2 cm³/mol. The number of halogens is 1. The summed E-state index contributed by atoms with van der Waals surface area (Å²) in [6.07, 6.45) is 3.19. The van der Waals surface area contributed by atoms with E-state index in [1.165, 1.54) is 0 Å². The zero-order valence-corrected chi connectivity index (χ0v) is 8.51. The Labute approximate surface area is 90.5 Å². The summed E-state index contributed by atoms with van der Waals surface area (Å²) in [5.41, 5.74) is 1.93. The van der Waals surface area contributed by atoms with Crippen molar-refractivity contribution in [2.24, 2.45) is 4.99 Å². The molecule has 0 atom stereocenters. The average Bonchev–Trinajstić information content (AvgIpc) is 2.23. The number of rotatable bonds is 1. The van der Waals surface area contributed by atoms with Crippen molar-refractivity contribution in [2.45, 2.75) is 0 Å². The minimum absolute atomic E-state index is 0.452. The fourth-order valence-corrected chi connectivity index (χ4v) is 1.48. The van der Waals surface area contributed by atoms with Crippen molar-refractivity contribution >= 4 is 45.7 Å². The zero-order chi connectivity index (χ0) is 9.97. The SMILES string of the molecule is S=C=Nc1ccc2nccnc2c1Cl. The lowest BCUT2D eigenvalue weighted by atomic mass is 10.2. The second kappa shape index (κ2) is 3.80. The first kappa shape index (κ1) is 9.21. The van der Waals surface area contributed by atoms with Gasteiger partial charge in [0.1, 0.15) is 5.52 Å². The summed E-state index contributed by atoms with van der Waals surface area (Å²) in [5, 5.41) is 2.72. The van der Waals surface area contributed by atoms with Gasteiger partial charge >= 0.3 is 0 Å². The second-order valence-electron chi connectivity index (χ2n) is 2.53. The van der Waals surface area contributed by atoms with Gasteiger partial charge in [-0.25, -0.2) is 0 Å². The van der Waals surface area contributed by atoms with E-state index >= 15 is 0 Å². The van der Waals surface area contributed by atoms with Crippen molar-refractivity contribution in [3.63, 3.8) is 0 Å². The van der Waals surface area contributed by atoms with E-state index in [9.17, 15) is 0 Å². The summed E-state index contributed by atoms with van der Waals surface area (Å²) in [4.78, 5) is 12.0. The Bertz CT molecular complexity index is 535. The van der Waals surface area contributed by atoms with Crippen LogP contribution in [0.4, 0.5) is 5.69 Å². The molecule has 0 aliphatic carbocycles. The molecule has 0 N–H and O–H groups in total. The Hall–Kier alpha value is -1.35. The summed E-state index contributed by atoms with van der Waals surface area (Å²) < 4.78 is 0. The van der Waals surface area contributed by atoms with Gasteiger partial charge in [-0.15, -0.1) is 0 Å². The smallest absolute Gasteiger partial charge is 0.109 e.